The van der Waals surface area contributed by atoms with E-state index in [2.05, 4.69) is 4.72 Å². The van der Waals surface area contributed by atoms with Crippen LogP contribution in [0.25, 0.3) is 0 Å². The Kier molecular flexibility index (Phi) is 5.07. The largest absolute Gasteiger partial charge is 0.480 e. The molecular weight excluding hydrogens is 356 g/mol. The smallest absolute Gasteiger partial charge is 0.326 e. The summed E-state index contributed by atoms with van der Waals surface area (Å²) in [6.45, 7) is 4.05. The van der Waals surface area contributed by atoms with E-state index in [4.69, 9.17) is 0 Å². The maximum Gasteiger partial charge on any atom is 0.326 e. The number of benzene rings is 1. The number of carbonyl (C=O) groups excluding carboxylic acids is 1. The second-order valence-electron chi connectivity index (χ2n) is 7.35. The number of carboxylic acid groups (broad SMARTS) is 1. The summed E-state index contributed by atoms with van der Waals surface area (Å²) < 4.78 is 27.5. The van der Waals surface area contributed by atoms with E-state index in [1.54, 1.807) is 13.0 Å². The zero-order chi connectivity index (χ0) is 19.1. The van der Waals surface area contributed by atoms with Crippen molar-refractivity contribution in [2.45, 2.75) is 56.5 Å². The molecule has 2 atom stereocenters. The lowest BCUT2D eigenvalue weighted by molar-refractivity contribution is -0.144. The first kappa shape index (κ1) is 18.8. The van der Waals surface area contributed by atoms with Crippen molar-refractivity contribution in [3.8, 4) is 0 Å². The number of carbonyl (C=O) groups is 2. The number of sulfonamides is 1. The highest BCUT2D eigenvalue weighted by Gasteiger charge is 2.36. The minimum absolute atomic E-state index is 0.0274. The SMILES string of the molecule is Cc1ccc(S(=O)(=O)NC2CC2)cc1C(=O)N1CCC(C)CC1C(=O)O. The summed E-state index contributed by atoms with van der Waals surface area (Å²) in [5.74, 6) is -1.22. The van der Waals surface area contributed by atoms with Crippen LogP contribution in [0.3, 0.4) is 0 Å². The number of hydrogen-bond acceptors (Lipinski definition) is 4. The summed E-state index contributed by atoms with van der Waals surface area (Å²) in [5.41, 5.74) is 0.868. The normalized spacial score (nSPS) is 23.7. The van der Waals surface area contributed by atoms with Gasteiger partial charge in [-0.3, -0.25) is 4.79 Å². The Morgan fingerprint density at radius 3 is 2.54 bits per heavy atom. The Morgan fingerprint density at radius 2 is 1.92 bits per heavy atom. The van der Waals surface area contributed by atoms with Crippen LogP contribution in [0, 0.1) is 12.8 Å². The van der Waals surface area contributed by atoms with E-state index in [1.165, 1.54) is 17.0 Å². The predicted molar refractivity (Wildman–Crippen MR) is 95.4 cm³/mol. The molecule has 2 fully saturated rings. The fourth-order valence-corrected chi connectivity index (χ4v) is 4.59. The molecular formula is C18H24N2O5S. The summed E-state index contributed by atoms with van der Waals surface area (Å²) in [4.78, 5) is 26.0. The van der Waals surface area contributed by atoms with E-state index < -0.39 is 27.9 Å². The number of rotatable bonds is 5. The second-order valence-corrected chi connectivity index (χ2v) is 9.07. The third-order valence-corrected chi connectivity index (χ3v) is 6.58. The van der Waals surface area contributed by atoms with E-state index in [-0.39, 0.29) is 22.4 Å². The van der Waals surface area contributed by atoms with Gasteiger partial charge in [0.2, 0.25) is 10.0 Å². The topological polar surface area (TPSA) is 104 Å². The minimum Gasteiger partial charge on any atom is -0.480 e. The monoisotopic (exact) mass is 380 g/mol. The molecule has 1 amide bonds. The predicted octanol–water partition coefficient (Wildman–Crippen LogP) is 1.76. The highest BCUT2D eigenvalue weighted by molar-refractivity contribution is 7.89. The fourth-order valence-electron chi connectivity index (χ4n) is 3.26. The zero-order valence-corrected chi connectivity index (χ0v) is 15.8. The standard InChI is InChI=1S/C18H24N2O5S/c1-11-7-8-20(16(9-11)18(22)23)17(21)15-10-14(6-3-12(15)2)26(24,25)19-13-4-5-13/h3,6,10-11,13,16,19H,4-5,7-9H2,1-2H3,(H,22,23). The lowest BCUT2D eigenvalue weighted by Crippen LogP contribution is -2.50. The molecule has 1 aromatic carbocycles. The van der Waals surface area contributed by atoms with Crippen LogP contribution in [0.1, 0.15) is 48.5 Å². The molecule has 0 spiro atoms. The Balaban J connectivity index is 1.91. The van der Waals surface area contributed by atoms with E-state index in [0.717, 1.165) is 19.3 Å². The molecule has 1 saturated heterocycles. The molecule has 1 aliphatic carbocycles. The fraction of sp³-hybridized carbons (Fsp3) is 0.556. The molecule has 8 heteroatoms. The average Bonchev–Trinajstić information content (AvgIpc) is 3.37. The highest BCUT2D eigenvalue weighted by Crippen LogP contribution is 2.27. The van der Waals surface area contributed by atoms with Crippen molar-refractivity contribution in [1.29, 1.82) is 0 Å². The molecule has 1 aliphatic heterocycles. The summed E-state index contributed by atoms with van der Waals surface area (Å²) in [6, 6.07) is 3.52. The van der Waals surface area contributed by atoms with Gasteiger partial charge >= 0.3 is 5.97 Å². The molecule has 7 nitrogen and oxygen atoms in total. The lowest BCUT2D eigenvalue weighted by atomic mass is 9.91. The lowest BCUT2D eigenvalue weighted by Gasteiger charge is -2.36. The zero-order valence-electron chi connectivity index (χ0n) is 14.9. The van der Waals surface area contributed by atoms with Gasteiger partial charge in [0.15, 0.2) is 0 Å². The first-order valence-electron chi connectivity index (χ1n) is 8.86. The van der Waals surface area contributed by atoms with Gasteiger partial charge in [0.25, 0.3) is 5.91 Å². The summed E-state index contributed by atoms with van der Waals surface area (Å²) in [6.07, 6.45) is 2.78. The minimum atomic E-state index is -3.68. The van der Waals surface area contributed by atoms with Gasteiger partial charge in [-0.25, -0.2) is 17.9 Å². The van der Waals surface area contributed by atoms with Gasteiger partial charge in [-0.05, 0) is 56.2 Å². The maximum atomic E-state index is 13.0. The van der Waals surface area contributed by atoms with Crippen molar-refractivity contribution in [2.75, 3.05) is 6.54 Å². The van der Waals surface area contributed by atoms with E-state index in [9.17, 15) is 23.1 Å². The highest BCUT2D eigenvalue weighted by atomic mass is 32.2. The number of carboxylic acids is 1. The Labute approximate surface area is 153 Å². The molecule has 1 saturated carbocycles. The molecule has 1 heterocycles. The quantitative estimate of drug-likeness (QED) is 0.810. The summed E-state index contributed by atoms with van der Waals surface area (Å²) in [5, 5.41) is 9.48. The Hall–Kier alpha value is -1.93. The number of aryl methyl sites for hydroxylation is 1. The van der Waals surface area contributed by atoms with Gasteiger partial charge in [-0.2, -0.15) is 0 Å². The Bertz CT molecular complexity index is 832. The molecule has 0 radical (unpaired) electrons. The van der Waals surface area contributed by atoms with Crippen molar-refractivity contribution in [3.05, 3.63) is 29.3 Å². The third-order valence-electron chi connectivity index (χ3n) is 5.06. The van der Waals surface area contributed by atoms with Crippen LogP contribution in [0.15, 0.2) is 23.1 Å². The number of nitrogens with one attached hydrogen (secondary N) is 1. The van der Waals surface area contributed by atoms with Crippen LogP contribution in [0.5, 0.6) is 0 Å². The van der Waals surface area contributed by atoms with Gasteiger partial charge < -0.3 is 10.0 Å². The number of amides is 1. The van der Waals surface area contributed by atoms with Gasteiger partial charge in [0, 0.05) is 18.2 Å². The van der Waals surface area contributed by atoms with Gasteiger partial charge in [-0.15, -0.1) is 0 Å². The van der Waals surface area contributed by atoms with Crippen LogP contribution in [0.4, 0.5) is 0 Å². The first-order valence-corrected chi connectivity index (χ1v) is 10.3. The van der Waals surface area contributed by atoms with Gasteiger partial charge in [0.05, 0.1) is 4.90 Å². The number of nitrogens with zero attached hydrogens (tertiary/aromatic N) is 1. The number of hydrogen-bond donors (Lipinski definition) is 2. The van der Waals surface area contributed by atoms with Crippen molar-refractivity contribution in [2.24, 2.45) is 5.92 Å². The molecule has 142 valence electrons. The third kappa shape index (κ3) is 3.91. The summed E-state index contributed by atoms with van der Waals surface area (Å²) in [7, 11) is -3.68. The van der Waals surface area contributed by atoms with Crippen LogP contribution in [-0.4, -0.2) is 48.9 Å². The van der Waals surface area contributed by atoms with Crippen LogP contribution >= 0.6 is 0 Å². The van der Waals surface area contributed by atoms with Gasteiger partial charge in [-0.1, -0.05) is 13.0 Å². The van der Waals surface area contributed by atoms with E-state index in [0.29, 0.717) is 18.5 Å². The molecule has 0 bridgehead atoms. The van der Waals surface area contributed by atoms with E-state index in [1.807, 2.05) is 6.92 Å². The van der Waals surface area contributed by atoms with Crippen molar-refractivity contribution >= 4 is 21.9 Å². The second kappa shape index (κ2) is 7.00. The number of aliphatic carboxylic acids is 1. The van der Waals surface area contributed by atoms with Crippen molar-refractivity contribution < 1.29 is 23.1 Å². The first-order chi connectivity index (χ1) is 12.2. The molecule has 3 rings (SSSR count). The molecule has 1 aromatic rings. The molecule has 2 aliphatic rings. The van der Waals surface area contributed by atoms with E-state index >= 15 is 0 Å². The van der Waals surface area contributed by atoms with Crippen LogP contribution in [0.2, 0.25) is 0 Å². The molecule has 0 aromatic heterocycles. The number of piperidine rings is 1. The van der Waals surface area contributed by atoms with Crippen LogP contribution in [-0.2, 0) is 14.8 Å². The van der Waals surface area contributed by atoms with Crippen molar-refractivity contribution in [1.82, 2.24) is 9.62 Å². The molecule has 26 heavy (non-hydrogen) atoms. The summed E-state index contributed by atoms with van der Waals surface area (Å²) >= 11 is 0. The van der Waals surface area contributed by atoms with Crippen LogP contribution < -0.4 is 4.72 Å². The Morgan fingerprint density at radius 1 is 1.23 bits per heavy atom. The molecule has 2 N–H and O–H groups in total. The van der Waals surface area contributed by atoms with Crippen molar-refractivity contribution in [3.63, 3.8) is 0 Å². The average molecular weight is 380 g/mol. The number of likely N-dealkylation sites (tertiary alicyclic amines) is 1. The van der Waals surface area contributed by atoms with Gasteiger partial charge in [0.1, 0.15) is 6.04 Å². The molecule has 2 unspecified atom stereocenters. The maximum absolute atomic E-state index is 13.0.